The summed E-state index contributed by atoms with van der Waals surface area (Å²) in [6.45, 7) is -0.900. The van der Waals surface area contributed by atoms with Crippen molar-refractivity contribution in [1.82, 2.24) is 4.57 Å². The average Bonchev–Trinajstić information content (AvgIpc) is 2.47. The minimum absolute atomic E-state index is 0.205. The number of benzene rings is 1. The van der Waals surface area contributed by atoms with E-state index in [1.165, 1.54) is 0 Å². The van der Waals surface area contributed by atoms with E-state index < -0.39 is 6.61 Å². The van der Waals surface area contributed by atoms with E-state index in [9.17, 15) is 8.78 Å². The van der Waals surface area contributed by atoms with Crippen LogP contribution in [0.5, 0.6) is 5.75 Å². The highest BCUT2D eigenvalue weighted by molar-refractivity contribution is 5.84. The minimum Gasteiger partial charge on any atom is -0.435 e. The number of aryl methyl sites for hydroxylation is 2. The highest BCUT2D eigenvalue weighted by atomic mass is 19.3. The topological polar surface area (TPSA) is 14.2 Å². The van der Waals surface area contributed by atoms with Crippen molar-refractivity contribution >= 4 is 10.9 Å². The Morgan fingerprint density at radius 1 is 1.33 bits per heavy atom. The van der Waals surface area contributed by atoms with Crippen LogP contribution in [0, 0.1) is 6.92 Å². The van der Waals surface area contributed by atoms with Gasteiger partial charge in [0.05, 0.1) is 5.52 Å². The van der Waals surface area contributed by atoms with E-state index in [2.05, 4.69) is 4.74 Å². The Morgan fingerprint density at radius 2 is 2.07 bits per heavy atom. The van der Waals surface area contributed by atoms with Crippen molar-refractivity contribution in [3.8, 4) is 5.75 Å². The molecule has 2 aromatic rings. The Morgan fingerprint density at radius 3 is 2.73 bits per heavy atom. The Balaban J connectivity index is 2.55. The smallest absolute Gasteiger partial charge is 0.387 e. The molecule has 1 heterocycles. The molecule has 1 aromatic heterocycles. The molecule has 0 fully saturated rings. The number of nitrogens with zero attached hydrogens (tertiary/aromatic N) is 1. The van der Waals surface area contributed by atoms with Crippen LogP contribution in [0.3, 0.4) is 0 Å². The van der Waals surface area contributed by atoms with Gasteiger partial charge in [0.15, 0.2) is 0 Å². The predicted octanol–water partition coefficient (Wildman–Crippen LogP) is 3.09. The molecule has 0 saturated heterocycles. The molecule has 0 amide bonds. The normalized spacial score (nSPS) is 11.3. The predicted molar refractivity (Wildman–Crippen MR) is 54.3 cm³/mol. The molecule has 80 valence electrons. The zero-order valence-corrected chi connectivity index (χ0v) is 8.50. The Kier molecular flexibility index (Phi) is 2.34. The lowest BCUT2D eigenvalue weighted by Crippen LogP contribution is -2.02. The van der Waals surface area contributed by atoms with Crippen LogP contribution in [0.2, 0.25) is 0 Å². The zero-order chi connectivity index (χ0) is 11.0. The van der Waals surface area contributed by atoms with Crippen molar-refractivity contribution in [2.75, 3.05) is 0 Å². The van der Waals surface area contributed by atoms with Gasteiger partial charge in [0.25, 0.3) is 0 Å². The first-order valence-electron chi connectivity index (χ1n) is 4.58. The van der Waals surface area contributed by atoms with Crippen LogP contribution < -0.4 is 4.74 Å². The van der Waals surface area contributed by atoms with E-state index in [-0.39, 0.29) is 5.75 Å². The highest BCUT2D eigenvalue weighted by Crippen LogP contribution is 2.26. The summed E-state index contributed by atoms with van der Waals surface area (Å²) in [5, 5.41) is 1.05. The van der Waals surface area contributed by atoms with Crippen LogP contribution >= 0.6 is 0 Å². The minimum atomic E-state index is -2.78. The second-order valence-electron chi connectivity index (χ2n) is 3.48. The summed E-state index contributed by atoms with van der Waals surface area (Å²) in [7, 11) is 1.87. The number of hydrogen-bond donors (Lipinski definition) is 0. The summed E-state index contributed by atoms with van der Waals surface area (Å²) in [5.41, 5.74) is 1.83. The lowest BCUT2D eigenvalue weighted by Gasteiger charge is -2.07. The highest BCUT2D eigenvalue weighted by Gasteiger charge is 2.08. The van der Waals surface area contributed by atoms with Crippen LogP contribution in [0.1, 0.15) is 5.56 Å². The van der Waals surface area contributed by atoms with Gasteiger partial charge in [0, 0.05) is 24.7 Å². The zero-order valence-electron chi connectivity index (χ0n) is 8.50. The Hall–Kier alpha value is -1.58. The second kappa shape index (κ2) is 3.53. The molecule has 2 rings (SSSR count). The van der Waals surface area contributed by atoms with Crippen molar-refractivity contribution in [3.05, 3.63) is 30.0 Å². The second-order valence-corrected chi connectivity index (χ2v) is 3.48. The van der Waals surface area contributed by atoms with Crippen LogP contribution in [0.15, 0.2) is 24.4 Å². The molecule has 0 aliphatic rings. The maximum Gasteiger partial charge on any atom is 0.387 e. The number of halogens is 2. The van der Waals surface area contributed by atoms with Crippen molar-refractivity contribution in [3.63, 3.8) is 0 Å². The summed E-state index contributed by atoms with van der Waals surface area (Å²) in [6, 6.07) is 5.19. The fourth-order valence-corrected chi connectivity index (χ4v) is 1.69. The van der Waals surface area contributed by atoms with Gasteiger partial charge >= 0.3 is 6.61 Å². The third-order valence-corrected chi connectivity index (χ3v) is 2.41. The maximum absolute atomic E-state index is 12.0. The van der Waals surface area contributed by atoms with Gasteiger partial charge in [-0.25, -0.2) is 0 Å². The van der Waals surface area contributed by atoms with Gasteiger partial charge in [0.1, 0.15) is 5.75 Å². The van der Waals surface area contributed by atoms with Gasteiger partial charge in [-0.15, -0.1) is 0 Å². The van der Waals surface area contributed by atoms with Gasteiger partial charge in [-0.3, -0.25) is 0 Å². The van der Waals surface area contributed by atoms with Crippen LogP contribution in [0.25, 0.3) is 10.9 Å². The third kappa shape index (κ3) is 1.79. The molecular formula is C11H11F2NO. The average molecular weight is 211 g/mol. The molecule has 0 unspecified atom stereocenters. The first-order valence-corrected chi connectivity index (χ1v) is 4.58. The molecule has 1 aromatic carbocycles. The summed E-state index contributed by atoms with van der Waals surface area (Å²) in [4.78, 5) is 0. The summed E-state index contributed by atoms with van der Waals surface area (Å²) in [6.07, 6.45) is 1.89. The maximum atomic E-state index is 12.0. The molecule has 0 spiro atoms. The fourth-order valence-electron chi connectivity index (χ4n) is 1.69. The van der Waals surface area contributed by atoms with E-state index >= 15 is 0 Å². The van der Waals surface area contributed by atoms with Gasteiger partial charge in [0.2, 0.25) is 0 Å². The van der Waals surface area contributed by atoms with Gasteiger partial charge in [-0.05, 0) is 24.6 Å². The molecule has 15 heavy (non-hydrogen) atoms. The molecular weight excluding hydrogens is 200 g/mol. The molecule has 0 aliphatic carbocycles. The van der Waals surface area contributed by atoms with E-state index in [1.54, 1.807) is 12.1 Å². The van der Waals surface area contributed by atoms with Crippen molar-refractivity contribution < 1.29 is 13.5 Å². The van der Waals surface area contributed by atoms with Crippen molar-refractivity contribution in [2.45, 2.75) is 13.5 Å². The first-order chi connectivity index (χ1) is 7.08. The number of hydrogen-bond acceptors (Lipinski definition) is 1. The van der Waals surface area contributed by atoms with E-state index in [0.29, 0.717) is 0 Å². The molecule has 0 N–H and O–H groups in total. The van der Waals surface area contributed by atoms with Gasteiger partial charge < -0.3 is 9.30 Å². The largest absolute Gasteiger partial charge is 0.435 e. The molecule has 0 bridgehead atoms. The standard InChI is InChI=1S/C11H11F2NO/c1-7-5-8(15-11(12)13)6-10-9(7)3-4-14(10)2/h3-6,11H,1-2H3. The van der Waals surface area contributed by atoms with E-state index in [4.69, 9.17) is 0 Å². The quantitative estimate of drug-likeness (QED) is 0.744. The fraction of sp³-hybridized carbons (Fsp3) is 0.273. The summed E-state index contributed by atoms with van der Waals surface area (Å²) >= 11 is 0. The van der Waals surface area contributed by atoms with Gasteiger partial charge in [-0.2, -0.15) is 8.78 Å². The summed E-state index contributed by atoms with van der Waals surface area (Å²) in [5.74, 6) is 0.205. The van der Waals surface area contributed by atoms with Crippen LogP contribution in [-0.2, 0) is 7.05 Å². The summed E-state index contributed by atoms with van der Waals surface area (Å²) < 4.78 is 30.4. The van der Waals surface area contributed by atoms with Crippen molar-refractivity contribution in [2.24, 2.45) is 7.05 Å². The SMILES string of the molecule is Cc1cc(OC(F)F)cc2c1ccn2C. The monoisotopic (exact) mass is 211 g/mol. The Bertz CT molecular complexity index is 491. The number of ether oxygens (including phenoxy) is 1. The molecule has 0 radical (unpaired) electrons. The van der Waals surface area contributed by atoms with Crippen molar-refractivity contribution in [1.29, 1.82) is 0 Å². The molecule has 0 atom stereocenters. The van der Waals surface area contributed by atoms with Gasteiger partial charge in [-0.1, -0.05) is 0 Å². The molecule has 0 aliphatic heterocycles. The molecule has 0 saturated carbocycles. The lowest BCUT2D eigenvalue weighted by atomic mass is 10.1. The molecule has 2 nitrogen and oxygen atoms in total. The number of alkyl halides is 2. The first kappa shape index (κ1) is 9.96. The van der Waals surface area contributed by atoms with E-state index in [1.807, 2.05) is 30.8 Å². The number of aromatic nitrogens is 1. The van der Waals surface area contributed by atoms with Crippen LogP contribution in [0.4, 0.5) is 8.78 Å². The van der Waals surface area contributed by atoms with E-state index in [0.717, 1.165) is 16.5 Å². The Labute approximate surface area is 86.1 Å². The third-order valence-electron chi connectivity index (χ3n) is 2.41. The number of rotatable bonds is 2. The number of fused-ring (bicyclic) bond motifs is 1. The van der Waals surface area contributed by atoms with Crippen LogP contribution in [-0.4, -0.2) is 11.2 Å². The lowest BCUT2D eigenvalue weighted by molar-refractivity contribution is -0.0497. The molecule has 4 heteroatoms.